The Morgan fingerprint density at radius 3 is 2.60 bits per heavy atom. The summed E-state index contributed by atoms with van der Waals surface area (Å²) in [5.74, 6) is -1.92. The number of aliphatic hydroxyl groups is 1. The molecule has 0 spiro atoms. The first-order valence-corrected chi connectivity index (χ1v) is 4.23. The predicted molar refractivity (Wildman–Crippen MR) is 50.3 cm³/mol. The maximum Gasteiger partial charge on any atom is 0.337 e. The zero-order chi connectivity index (χ0) is 11.6. The first-order valence-electron chi connectivity index (χ1n) is 4.23. The summed E-state index contributed by atoms with van der Waals surface area (Å²) in [6, 6.07) is 2.44. The Morgan fingerprint density at radius 1 is 1.53 bits per heavy atom. The third kappa shape index (κ3) is 2.07. The Morgan fingerprint density at radius 2 is 2.13 bits per heavy atom. The molecule has 5 heteroatoms. The number of ether oxygens (including phenoxy) is 1. The lowest BCUT2D eigenvalue weighted by Gasteiger charge is -2.13. The molecule has 0 amide bonds. The highest BCUT2D eigenvalue weighted by Crippen LogP contribution is 2.28. The molecular formula is C10H11FO4. The molecule has 1 atom stereocenters. The minimum atomic E-state index is -1.87. The topological polar surface area (TPSA) is 66.8 Å². The van der Waals surface area contributed by atoms with Crippen LogP contribution in [0.5, 0.6) is 5.75 Å². The molecule has 1 rings (SSSR count). The monoisotopic (exact) mass is 214 g/mol. The first-order chi connectivity index (χ1) is 6.99. The Balaban J connectivity index is 3.32. The molecule has 4 nitrogen and oxygen atoms in total. The maximum atomic E-state index is 13.3. The third-order valence-electron chi connectivity index (χ3n) is 2.14. The lowest BCUT2D eigenvalue weighted by atomic mass is 10.0. The molecule has 0 fully saturated rings. The van der Waals surface area contributed by atoms with Crippen molar-refractivity contribution in [2.75, 3.05) is 7.11 Å². The van der Waals surface area contributed by atoms with Crippen molar-refractivity contribution in [3.05, 3.63) is 29.1 Å². The lowest BCUT2D eigenvalue weighted by molar-refractivity contribution is -0.147. The van der Waals surface area contributed by atoms with E-state index in [4.69, 9.17) is 9.84 Å². The van der Waals surface area contributed by atoms with Gasteiger partial charge in [0.1, 0.15) is 11.6 Å². The van der Waals surface area contributed by atoms with Gasteiger partial charge in [-0.15, -0.1) is 0 Å². The van der Waals surface area contributed by atoms with E-state index in [2.05, 4.69) is 0 Å². The normalized spacial score (nSPS) is 12.3. The zero-order valence-corrected chi connectivity index (χ0v) is 8.32. The fourth-order valence-electron chi connectivity index (χ4n) is 1.36. The molecule has 1 unspecified atom stereocenters. The number of aliphatic carboxylic acids is 1. The van der Waals surface area contributed by atoms with E-state index < -0.39 is 17.9 Å². The van der Waals surface area contributed by atoms with Crippen LogP contribution >= 0.6 is 0 Å². The number of hydrogen-bond acceptors (Lipinski definition) is 3. The highest BCUT2D eigenvalue weighted by molar-refractivity contribution is 5.75. The second kappa shape index (κ2) is 4.27. The van der Waals surface area contributed by atoms with E-state index in [-0.39, 0.29) is 11.1 Å². The van der Waals surface area contributed by atoms with Crippen LogP contribution < -0.4 is 4.74 Å². The second-order valence-corrected chi connectivity index (χ2v) is 3.03. The fraction of sp³-hybridized carbons (Fsp3) is 0.300. The largest absolute Gasteiger partial charge is 0.496 e. The third-order valence-corrected chi connectivity index (χ3v) is 2.14. The van der Waals surface area contributed by atoms with Crippen molar-refractivity contribution in [2.24, 2.45) is 0 Å². The molecule has 0 heterocycles. The van der Waals surface area contributed by atoms with Crippen LogP contribution in [0, 0.1) is 12.7 Å². The Hall–Kier alpha value is -1.62. The Kier molecular flexibility index (Phi) is 3.26. The van der Waals surface area contributed by atoms with Gasteiger partial charge in [-0.2, -0.15) is 0 Å². The molecule has 0 radical (unpaired) electrons. The zero-order valence-electron chi connectivity index (χ0n) is 8.32. The van der Waals surface area contributed by atoms with E-state index in [0.717, 1.165) is 6.07 Å². The average molecular weight is 214 g/mol. The van der Waals surface area contributed by atoms with Gasteiger partial charge < -0.3 is 14.9 Å². The van der Waals surface area contributed by atoms with Crippen LogP contribution in [0.25, 0.3) is 0 Å². The highest BCUT2D eigenvalue weighted by Gasteiger charge is 2.23. The van der Waals surface area contributed by atoms with Crippen LogP contribution in [0.15, 0.2) is 12.1 Å². The summed E-state index contributed by atoms with van der Waals surface area (Å²) in [6.45, 7) is 1.49. The van der Waals surface area contributed by atoms with Gasteiger partial charge in [-0.3, -0.25) is 0 Å². The highest BCUT2D eigenvalue weighted by atomic mass is 19.1. The number of carboxylic acid groups (broad SMARTS) is 1. The molecule has 0 aliphatic heterocycles. The molecule has 0 bridgehead atoms. The van der Waals surface area contributed by atoms with Crippen molar-refractivity contribution in [1.29, 1.82) is 0 Å². The van der Waals surface area contributed by atoms with Gasteiger partial charge in [0.25, 0.3) is 0 Å². The van der Waals surface area contributed by atoms with Crippen molar-refractivity contribution < 1.29 is 24.1 Å². The van der Waals surface area contributed by atoms with Crippen molar-refractivity contribution >= 4 is 5.97 Å². The van der Waals surface area contributed by atoms with Gasteiger partial charge in [0, 0.05) is 11.1 Å². The van der Waals surface area contributed by atoms with E-state index in [1.54, 1.807) is 0 Å². The summed E-state index contributed by atoms with van der Waals surface area (Å²) < 4.78 is 18.2. The summed E-state index contributed by atoms with van der Waals surface area (Å²) in [6.07, 6.45) is -1.87. The van der Waals surface area contributed by atoms with Crippen molar-refractivity contribution in [2.45, 2.75) is 13.0 Å². The van der Waals surface area contributed by atoms with Crippen molar-refractivity contribution in [3.63, 3.8) is 0 Å². The van der Waals surface area contributed by atoms with Gasteiger partial charge in [0.2, 0.25) is 0 Å². The molecule has 0 aliphatic rings. The van der Waals surface area contributed by atoms with Crippen molar-refractivity contribution in [3.8, 4) is 5.75 Å². The van der Waals surface area contributed by atoms with Gasteiger partial charge in [-0.05, 0) is 19.1 Å². The summed E-state index contributed by atoms with van der Waals surface area (Å²) in [7, 11) is 1.39. The van der Waals surface area contributed by atoms with E-state index in [1.165, 1.54) is 20.1 Å². The smallest absolute Gasteiger partial charge is 0.337 e. The number of rotatable bonds is 3. The minimum Gasteiger partial charge on any atom is -0.496 e. The quantitative estimate of drug-likeness (QED) is 0.794. The number of hydrogen-bond donors (Lipinski definition) is 2. The van der Waals surface area contributed by atoms with Crippen LogP contribution in [0.2, 0.25) is 0 Å². The number of aliphatic hydroxyl groups excluding tert-OH is 1. The molecule has 0 saturated carbocycles. The molecule has 0 aliphatic carbocycles. The van der Waals surface area contributed by atoms with E-state index in [1.807, 2.05) is 0 Å². The molecule has 15 heavy (non-hydrogen) atoms. The van der Waals surface area contributed by atoms with Gasteiger partial charge >= 0.3 is 5.97 Å². The van der Waals surface area contributed by atoms with Crippen LogP contribution in [0.1, 0.15) is 17.2 Å². The molecular weight excluding hydrogens is 203 g/mol. The van der Waals surface area contributed by atoms with Crippen LogP contribution in [-0.2, 0) is 4.79 Å². The van der Waals surface area contributed by atoms with Crippen LogP contribution in [0.4, 0.5) is 4.39 Å². The number of benzene rings is 1. The second-order valence-electron chi connectivity index (χ2n) is 3.03. The van der Waals surface area contributed by atoms with Crippen LogP contribution in [-0.4, -0.2) is 23.3 Å². The minimum absolute atomic E-state index is 0.262. The maximum absolute atomic E-state index is 13.3. The standard InChI is InChI=1S/C10H11FO4/c1-5-7(15-2)4-3-6(11)8(5)9(12)10(13)14/h3-4,9,12H,1-2H3,(H,13,14). The van der Waals surface area contributed by atoms with Gasteiger partial charge in [-0.1, -0.05) is 0 Å². The van der Waals surface area contributed by atoms with E-state index >= 15 is 0 Å². The van der Waals surface area contributed by atoms with E-state index in [9.17, 15) is 14.3 Å². The summed E-state index contributed by atoms with van der Waals surface area (Å²) in [5.41, 5.74) is 0.0225. The Bertz CT molecular complexity index is 389. The molecule has 1 aromatic rings. The number of carbonyl (C=O) groups is 1. The molecule has 0 aromatic heterocycles. The van der Waals surface area contributed by atoms with Crippen molar-refractivity contribution in [1.82, 2.24) is 0 Å². The van der Waals surface area contributed by atoms with E-state index in [0.29, 0.717) is 5.75 Å². The van der Waals surface area contributed by atoms with Gasteiger partial charge in [0.15, 0.2) is 6.10 Å². The molecule has 0 saturated heterocycles. The number of halogens is 1. The van der Waals surface area contributed by atoms with Crippen LogP contribution in [0.3, 0.4) is 0 Å². The molecule has 1 aromatic carbocycles. The van der Waals surface area contributed by atoms with Gasteiger partial charge in [-0.25, -0.2) is 9.18 Å². The Labute approximate surface area is 85.9 Å². The summed E-state index contributed by atoms with van der Waals surface area (Å²) >= 11 is 0. The lowest BCUT2D eigenvalue weighted by Crippen LogP contribution is -2.14. The SMILES string of the molecule is COc1ccc(F)c(C(O)C(=O)O)c1C. The predicted octanol–water partition coefficient (Wildman–Crippen LogP) is 1.26. The van der Waals surface area contributed by atoms with Gasteiger partial charge in [0.05, 0.1) is 7.11 Å². The average Bonchev–Trinajstić information content (AvgIpc) is 2.17. The fourth-order valence-corrected chi connectivity index (χ4v) is 1.36. The number of methoxy groups -OCH3 is 1. The summed E-state index contributed by atoms with van der Waals surface area (Å²) in [4.78, 5) is 10.5. The first kappa shape index (κ1) is 11.5. The number of carboxylic acids is 1. The summed E-state index contributed by atoms with van der Waals surface area (Å²) in [5, 5.41) is 17.9. The molecule has 2 N–H and O–H groups in total. The molecule has 82 valence electrons.